The molecule has 1 aromatic heterocycles. The van der Waals surface area contributed by atoms with Crippen molar-refractivity contribution in [2.45, 2.75) is 38.9 Å². The third-order valence-electron chi connectivity index (χ3n) is 2.08. The van der Waals surface area contributed by atoms with Crippen LogP contribution in [0.5, 0.6) is 0 Å². The van der Waals surface area contributed by atoms with E-state index in [0.717, 1.165) is 10.7 Å². The molecule has 1 aromatic rings. The number of aliphatic hydroxyl groups is 1. The molecule has 0 aromatic carbocycles. The fraction of sp³-hybridized carbons (Fsp3) is 0.700. The van der Waals surface area contributed by atoms with Gasteiger partial charge < -0.3 is 9.84 Å². The van der Waals surface area contributed by atoms with Crippen LogP contribution in [-0.2, 0) is 11.2 Å². The van der Waals surface area contributed by atoms with Crippen LogP contribution in [0.2, 0.25) is 0 Å². The zero-order chi connectivity index (χ0) is 10.6. The number of ether oxygens (including phenoxy) is 1. The summed E-state index contributed by atoms with van der Waals surface area (Å²) in [6.45, 7) is 3.92. The first kappa shape index (κ1) is 11.6. The summed E-state index contributed by atoms with van der Waals surface area (Å²) in [5, 5.41) is 12.7. The van der Waals surface area contributed by atoms with Crippen molar-refractivity contribution < 1.29 is 9.84 Å². The van der Waals surface area contributed by atoms with Crippen molar-refractivity contribution in [1.29, 1.82) is 0 Å². The lowest BCUT2D eigenvalue weighted by molar-refractivity contribution is 0.0565. The number of hydrogen-bond donors (Lipinski definition) is 1. The molecule has 4 heteroatoms. The van der Waals surface area contributed by atoms with Gasteiger partial charge in [0.2, 0.25) is 0 Å². The summed E-state index contributed by atoms with van der Waals surface area (Å²) in [5.74, 6) is 0. The first-order chi connectivity index (χ1) is 6.61. The third kappa shape index (κ3) is 3.74. The van der Waals surface area contributed by atoms with Gasteiger partial charge in [-0.3, -0.25) is 0 Å². The van der Waals surface area contributed by atoms with Gasteiger partial charge in [0.15, 0.2) is 0 Å². The molecule has 0 fully saturated rings. The summed E-state index contributed by atoms with van der Waals surface area (Å²) < 4.78 is 5.09. The van der Waals surface area contributed by atoms with Crippen molar-refractivity contribution in [1.82, 2.24) is 4.98 Å². The van der Waals surface area contributed by atoms with Crippen LogP contribution in [0.4, 0.5) is 0 Å². The van der Waals surface area contributed by atoms with Gasteiger partial charge in [-0.05, 0) is 20.3 Å². The van der Waals surface area contributed by atoms with Crippen molar-refractivity contribution >= 4 is 11.3 Å². The Hall–Kier alpha value is -0.450. The average Bonchev–Trinajstić information content (AvgIpc) is 2.50. The highest BCUT2D eigenvalue weighted by Crippen LogP contribution is 2.13. The van der Waals surface area contributed by atoms with Crippen molar-refractivity contribution in [2.24, 2.45) is 0 Å². The Morgan fingerprint density at radius 2 is 2.36 bits per heavy atom. The predicted octanol–water partition coefficient (Wildman–Crippen LogP) is 1.78. The normalized spacial score (nSPS) is 15.4. The molecule has 0 aliphatic carbocycles. The Bertz CT molecular complexity index is 275. The minimum absolute atomic E-state index is 0.103. The van der Waals surface area contributed by atoms with Gasteiger partial charge in [0.1, 0.15) is 0 Å². The Labute approximate surface area is 88.8 Å². The van der Waals surface area contributed by atoms with Crippen molar-refractivity contribution in [3.63, 3.8) is 0 Å². The minimum atomic E-state index is -0.351. The molecule has 0 spiro atoms. The van der Waals surface area contributed by atoms with E-state index in [-0.39, 0.29) is 12.2 Å². The zero-order valence-electron chi connectivity index (χ0n) is 8.86. The molecular formula is C10H17NO2S. The molecule has 1 rings (SSSR count). The molecule has 1 N–H and O–H groups in total. The number of nitrogens with zero attached hydrogens (tertiary/aromatic N) is 1. The standard InChI is InChI=1S/C10H17NO2S/c1-7-6-14-10(11-7)5-9(12)4-8(2)13-3/h6,8-9,12H,4-5H2,1-3H3. The number of thiazole rings is 1. The molecular weight excluding hydrogens is 198 g/mol. The quantitative estimate of drug-likeness (QED) is 0.814. The molecule has 0 amide bonds. The summed E-state index contributed by atoms with van der Waals surface area (Å²) in [5.41, 5.74) is 1.02. The summed E-state index contributed by atoms with van der Waals surface area (Å²) in [7, 11) is 1.66. The molecule has 3 nitrogen and oxygen atoms in total. The molecule has 1 heterocycles. The number of rotatable bonds is 5. The van der Waals surface area contributed by atoms with E-state index in [1.54, 1.807) is 18.4 Å². The lowest BCUT2D eigenvalue weighted by Gasteiger charge is -2.13. The summed E-state index contributed by atoms with van der Waals surface area (Å²) in [4.78, 5) is 4.30. The van der Waals surface area contributed by atoms with Gasteiger partial charge >= 0.3 is 0 Å². The number of aliphatic hydroxyl groups excluding tert-OH is 1. The van der Waals surface area contributed by atoms with Crippen LogP contribution in [0.25, 0.3) is 0 Å². The molecule has 0 saturated heterocycles. The number of aromatic nitrogens is 1. The van der Waals surface area contributed by atoms with Crippen LogP contribution in [0.15, 0.2) is 5.38 Å². The lowest BCUT2D eigenvalue weighted by atomic mass is 10.1. The predicted molar refractivity (Wildman–Crippen MR) is 57.6 cm³/mol. The molecule has 2 unspecified atom stereocenters. The Morgan fingerprint density at radius 1 is 1.64 bits per heavy atom. The van der Waals surface area contributed by atoms with Gasteiger partial charge in [-0.15, -0.1) is 11.3 Å². The molecule has 14 heavy (non-hydrogen) atoms. The average molecular weight is 215 g/mol. The van der Waals surface area contributed by atoms with E-state index in [4.69, 9.17) is 4.74 Å². The summed E-state index contributed by atoms with van der Waals surface area (Å²) in [6.07, 6.45) is 1.04. The van der Waals surface area contributed by atoms with E-state index in [1.807, 2.05) is 19.2 Å². The number of hydrogen-bond acceptors (Lipinski definition) is 4. The largest absolute Gasteiger partial charge is 0.393 e. The first-order valence-corrected chi connectivity index (χ1v) is 5.61. The topological polar surface area (TPSA) is 42.4 Å². The monoisotopic (exact) mass is 215 g/mol. The minimum Gasteiger partial charge on any atom is -0.393 e. The molecule has 0 aliphatic heterocycles. The second-order valence-corrected chi connectivity index (χ2v) is 4.47. The lowest BCUT2D eigenvalue weighted by Crippen LogP contribution is -2.18. The maximum absolute atomic E-state index is 9.70. The maximum atomic E-state index is 9.70. The van der Waals surface area contributed by atoms with Gasteiger partial charge in [0.25, 0.3) is 0 Å². The molecule has 0 saturated carbocycles. The molecule has 2 atom stereocenters. The molecule has 0 radical (unpaired) electrons. The fourth-order valence-electron chi connectivity index (χ4n) is 1.26. The highest BCUT2D eigenvalue weighted by Gasteiger charge is 2.12. The van der Waals surface area contributed by atoms with E-state index >= 15 is 0 Å². The highest BCUT2D eigenvalue weighted by atomic mass is 32.1. The summed E-state index contributed by atoms with van der Waals surface area (Å²) >= 11 is 1.60. The molecule has 0 aliphatic rings. The van der Waals surface area contributed by atoms with Gasteiger partial charge in [0.05, 0.1) is 17.2 Å². The van der Waals surface area contributed by atoms with Gasteiger partial charge in [-0.1, -0.05) is 0 Å². The van der Waals surface area contributed by atoms with Crippen LogP contribution in [0, 0.1) is 6.92 Å². The third-order valence-corrected chi connectivity index (χ3v) is 3.07. The fourth-order valence-corrected chi connectivity index (χ4v) is 2.11. The Kier molecular flexibility index (Phi) is 4.51. The van der Waals surface area contributed by atoms with Crippen molar-refractivity contribution in [3.05, 3.63) is 16.1 Å². The van der Waals surface area contributed by atoms with E-state index in [2.05, 4.69) is 4.98 Å². The first-order valence-electron chi connectivity index (χ1n) is 4.73. The second kappa shape index (κ2) is 5.44. The smallest absolute Gasteiger partial charge is 0.0953 e. The Balaban J connectivity index is 2.37. The van der Waals surface area contributed by atoms with Gasteiger partial charge in [0, 0.05) is 24.6 Å². The van der Waals surface area contributed by atoms with E-state index < -0.39 is 0 Å². The van der Waals surface area contributed by atoms with Crippen LogP contribution in [0.1, 0.15) is 24.0 Å². The highest BCUT2D eigenvalue weighted by molar-refractivity contribution is 7.09. The van der Waals surface area contributed by atoms with Crippen LogP contribution >= 0.6 is 11.3 Å². The van der Waals surface area contributed by atoms with Gasteiger partial charge in [-0.2, -0.15) is 0 Å². The van der Waals surface area contributed by atoms with Crippen molar-refractivity contribution in [2.75, 3.05) is 7.11 Å². The van der Waals surface area contributed by atoms with Crippen LogP contribution in [-0.4, -0.2) is 29.4 Å². The maximum Gasteiger partial charge on any atom is 0.0953 e. The second-order valence-electron chi connectivity index (χ2n) is 3.52. The van der Waals surface area contributed by atoms with E-state index in [1.165, 1.54) is 0 Å². The molecule has 80 valence electrons. The van der Waals surface area contributed by atoms with Crippen LogP contribution < -0.4 is 0 Å². The Morgan fingerprint density at radius 3 is 2.86 bits per heavy atom. The summed E-state index contributed by atoms with van der Waals surface area (Å²) in [6, 6.07) is 0. The van der Waals surface area contributed by atoms with Crippen LogP contribution in [0.3, 0.4) is 0 Å². The van der Waals surface area contributed by atoms with E-state index in [9.17, 15) is 5.11 Å². The molecule has 0 bridgehead atoms. The van der Waals surface area contributed by atoms with Crippen molar-refractivity contribution in [3.8, 4) is 0 Å². The number of aryl methyl sites for hydroxylation is 1. The number of methoxy groups -OCH3 is 1. The van der Waals surface area contributed by atoms with E-state index in [0.29, 0.717) is 12.8 Å². The SMILES string of the molecule is COC(C)CC(O)Cc1nc(C)cs1. The van der Waals surface area contributed by atoms with Gasteiger partial charge in [-0.25, -0.2) is 4.98 Å². The zero-order valence-corrected chi connectivity index (χ0v) is 9.67.